The van der Waals surface area contributed by atoms with Crippen LogP contribution < -0.4 is 0 Å². The van der Waals surface area contributed by atoms with Crippen LogP contribution in [0.4, 0.5) is 0 Å². The third-order valence-electron chi connectivity index (χ3n) is 10.4. The first kappa shape index (κ1) is 42.0. The predicted molar refractivity (Wildman–Crippen MR) is 216 cm³/mol. The maximum absolute atomic E-state index is 12.0. The van der Waals surface area contributed by atoms with Crippen molar-refractivity contribution in [1.82, 2.24) is 19.1 Å². The Morgan fingerprint density at radius 2 is 1.35 bits per heavy atom. The number of aromatic nitrogens is 4. The van der Waals surface area contributed by atoms with E-state index in [1.165, 1.54) is 91.3 Å². The van der Waals surface area contributed by atoms with Crippen LogP contribution in [-0.2, 0) is 44.7 Å². The Hall–Kier alpha value is -4.18. The van der Waals surface area contributed by atoms with Gasteiger partial charge in [0.05, 0.1) is 31.2 Å². The molecule has 4 aromatic heterocycles. The zero-order valence-electron chi connectivity index (χ0n) is 31.7. The smallest absolute Gasteiger partial charge is 0.0813 e. The second kappa shape index (κ2) is 20.1. The molecule has 0 N–H and O–H groups in total. The minimum atomic E-state index is -0.851. The van der Waals surface area contributed by atoms with Gasteiger partial charge >= 0.3 is 41.9 Å². The molecule has 55 heavy (non-hydrogen) atoms. The van der Waals surface area contributed by atoms with Gasteiger partial charge in [-0.2, -0.15) is 18.2 Å². The molecule has 0 unspecified atom stereocenters. The van der Waals surface area contributed by atoms with Gasteiger partial charge in [-0.3, -0.25) is 9.78 Å². The molecule has 2 aliphatic carbocycles. The molecule has 282 valence electrons. The van der Waals surface area contributed by atoms with Crippen LogP contribution in [0, 0.1) is 6.20 Å². The summed E-state index contributed by atoms with van der Waals surface area (Å²) in [6.07, 6.45) is 16.0. The number of fused-ring (bicyclic) bond motifs is 2. The molecule has 12 heteroatoms. The minimum Gasteiger partial charge on any atom is -0.394 e. The minimum absolute atomic E-state index is 0.301. The number of hydrogen-bond acceptors (Lipinski definition) is 7. The van der Waals surface area contributed by atoms with E-state index >= 15 is 0 Å². The number of Topliss-reactive ketones (excluding diaryl/α,β-unsaturated/α-hetero) is 1. The van der Waals surface area contributed by atoms with E-state index < -0.39 is 11.8 Å². The topological polar surface area (TPSA) is 105 Å². The van der Waals surface area contributed by atoms with Crippen LogP contribution in [0.1, 0.15) is 95.0 Å². The SMILES string of the molecule is COC(=O)C(=O)c1ccc2c(C3CCCC3)c(Cl)n(C)c2c1.COC(=O)c1ccc2c(C3CCCC3)c(-c3ccccn3)n(C)c2c1.[Zn+][Br].[c-]1ccccn1. The summed E-state index contributed by atoms with van der Waals surface area (Å²) in [5.74, 6) is -0.743. The van der Waals surface area contributed by atoms with Crippen molar-refractivity contribution in [3.63, 3.8) is 0 Å². The summed E-state index contributed by atoms with van der Waals surface area (Å²) in [6.45, 7) is 0. The van der Waals surface area contributed by atoms with Gasteiger partial charge in [0, 0.05) is 47.7 Å². The average Bonchev–Trinajstić information content (AvgIpc) is 4.07. The number of ether oxygens (including phenoxy) is 2. The number of benzene rings is 2. The molecule has 2 saturated carbocycles. The zero-order valence-corrected chi connectivity index (χ0v) is 37.0. The number of halogens is 2. The van der Waals surface area contributed by atoms with Crippen LogP contribution in [0.25, 0.3) is 33.2 Å². The second-order valence-electron chi connectivity index (χ2n) is 13.5. The van der Waals surface area contributed by atoms with E-state index in [0.29, 0.717) is 23.0 Å². The molecule has 0 radical (unpaired) electrons. The van der Waals surface area contributed by atoms with Gasteiger partial charge in [0.2, 0.25) is 0 Å². The van der Waals surface area contributed by atoms with Crippen molar-refractivity contribution in [3.8, 4) is 11.4 Å². The van der Waals surface area contributed by atoms with Crippen molar-refractivity contribution in [1.29, 1.82) is 0 Å². The van der Waals surface area contributed by atoms with Crippen molar-refractivity contribution >= 4 is 64.8 Å². The van der Waals surface area contributed by atoms with Crippen molar-refractivity contribution in [2.75, 3.05) is 14.2 Å². The van der Waals surface area contributed by atoms with E-state index in [2.05, 4.69) is 58.3 Å². The van der Waals surface area contributed by atoms with E-state index in [1.54, 1.807) is 24.4 Å². The quantitative estimate of drug-likeness (QED) is 0.0539. The Morgan fingerprint density at radius 3 is 1.87 bits per heavy atom. The molecular formula is C43H44BrClN4O5Zn. The number of esters is 2. The van der Waals surface area contributed by atoms with Gasteiger partial charge in [-0.15, -0.1) is 0 Å². The molecule has 8 rings (SSSR count). The Labute approximate surface area is 343 Å². The summed E-state index contributed by atoms with van der Waals surface area (Å²) in [7, 11) is 6.57. The standard InChI is InChI=1S/C21H22N2O2.C17H18ClNO3.C5H4N.BrH.Zn/c1-23-18-13-15(21(24)25-2)10-11-16(18)19(14-7-3-4-8-14)20(23)17-9-5-6-12-22-17;1-19-13-9-11(15(20)17(21)22-2)7-8-12(13)14(16(19)18)10-5-3-4-6-10;1-2-4-6-5-3-1;;/h5-6,9-14H,3-4,7-8H2,1-2H3;7-10H,3-6H2,1-2H3;1-4H;1H;/q;;-1;;+2/p-1. The summed E-state index contributed by atoms with van der Waals surface area (Å²) < 4.78 is 13.4. The third-order valence-corrected chi connectivity index (χ3v) is 10.9. The number of rotatable bonds is 6. The predicted octanol–water partition coefficient (Wildman–Crippen LogP) is 10.3. The van der Waals surface area contributed by atoms with Gasteiger partial charge < -0.3 is 23.6 Å². The van der Waals surface area contributed by atoms with Crippen LogP contribution in [0.2, 0.25) is 5.15 Å². The van der Waals surface area contributed by atoms with Crippen LogP contribution >= 0.6 is 25.2 Å². The van der Waals surface area contributed by atoms with E-state index in [9.17, 15) is 14.4 Å². The van der Waals surface area contributed by atoms with Crippen LogP contribution in [0.3, 0.4) is 0 Å². The summed E-state index contributed by atoms with van der Waals surface area (Å²) in [6, 6.07) is 22.7. The maximum Gasteiger partial charge on any atom is -0.0813 e. The summed E-state index contributed by atoms with van der Waals surface area (Å²) >= 11 is 10.8. The molecule has 2 fully saturated rings. The monoisotopic (exact) mass is 874 g/mol. The molecule has 9 nitrogen and oxygen atoms in total. The van der Waals surface area contributed by atoms with Gasteiger partial charge in [0.25, 0.3) is 5.78 Å². The molecule has 0 saturated heterocycles. The largest absolute Gasteiger partial charge is 0.394 e. The summed E-state index contributed by atoms with van der Waals surface area (Å²) in [4.78, 5) is 43.6. The average molecular weight is 878 g/mol. The molecular weight excluding hydrogens is 833 g/mol. The number of aryl methyl sites for hydroxylation is 2. The van der Waals surface area contributed by atoms with Crippen molar-refractivity contribution in [2.45, 2.75) is 63.2 Å². The third kappa shape index (κ3) is 9.45. The number of hydrogen-bond donors (Lipinski definition) is 0. The first-order valence-electron chi connectivity index (χ1n) is 18.3. The van der Waals surface area contributed by atoms with Gasteiger partial charge in [-0.1, -0.05) is 73.9 Å². The Bertz CT molecular complexity index is 2200. The van der Waals surface area contributed by atoms with Crippen LogP contribution in [-0.4, -0.2) is 51.0 Å². The van der Waals surface area contributed by atoms with Crippen molar-refractivity contribution < 1.29 is 40.2 Å². The van der Waals surface area contributed by atoms with Gasteiger partial charge in [0.15, 0.2) is 0 Å². The van der Waals surface area contributed by atoms with E-state index in [4.69, 9.17) is 16.3 Å². The fourth-order valence-corrected chi connectivity index (χ4v) is 8.16. The number of methoxy groups -OCH3 is 2. The number of ketones is 1. The number of carbonyl (C=O) groups is 3. The molecule has 0 aliphatic heterocycles. The van der Waals surface area contributed by atoms with Crippen molar-refractivity contribution in [3.05, 3.63) is 119 Å². The van der Waals surface area contributed by atoms with E-state index in [1.807, 2.05) is 60.3 Å². The van der Waals surface area contributed by atoms with E-state index in [-0.39, 0.29) is 5.97 Å². The second-order valence-corrected chi connectivity index (χ2v) is 13.9. The van der Waals surface area contributed by atoms with Crippen LogP contribution in [0.15, 0.2) is 85.2 Å². The van der Waals surface area contributed by atoms with Gasteiger partial charge in [-0.25, -0.2) is 9.59 Å². The zero-order chi connectivity index (χ0) is 39.5. The first-order valence-corrected chi connectivity index (χ1v) is 25.6. The fourth-order valence-electron chi connectivity index (χ4n) is 7.82. The maximum atomic E-state index is 12.0. The van der Waals surface area contributed by atoms with Crippen molar-refractivity contribution in [2.24, 2.45) is 14.1 Å². The molecule has 0 bridgehead atoms. The van der Waals surface area contributed by atoms with E-state index in [0.717, 1.165) is 40.1 Å². The van der Waals surface area contributed by atoms with Gasteiger partial charge in [0.1, 0.15) is 5.15 Å². The molecule has 6 aromatic rings. The van der Waals surface area contributed by atoms with Gasteiger partial charge in [-0.05, 0) is 79.0 Å². The Kier molecular flexibility index (Phi) is 15.4. The molecule has 0 atom stereocenters. The summed E-state index contributed by atoms with van der Waals surface area (Å²) in [5.41, 5.74) is 7.56. The first-order chi connectivity index (χ1) is 26.7. The molecule has 0 spiro atoms. The summed E-state index contributed by atoms with van der Waals surface area (Å²) in [5, 5.41) is 3.02. The molecule has 4 heterocycles. The number of nitrogens with zero attached hydrogens (tertiary/aromatic N) is 4. The number of pyridine rings is 2. The fraction of sp³-hybridized carbons (Fsp3) is 0.326. The van der Waals surface area contributed by atoms with Crippen LogP contribution in [0.5, 0.6) is 0 Å². The normalized spacial score (nSPS) is 14.0. The Morgan fingerprint density at radius 1 is 0.764 bits per heavy atom. The molecule has 2 aromatic carbocycles. The molecule has 0 amide bonds. The number of carbonyl (C=O) groups excluding carboxylic acids is 3. The molecule has 2 aliphatic rings. The Balaban J connectivity index is 0.000000177.